The van der Waals surface area contributed by atoms with Crippen LogP contribution in [0.5, 0.6) is 5.88 Å². The highest BCUT2D eigenvalue weighted by Gasteiger charge is 2.28. The lowest BCUT2D eigenvalue weighted by molar-refractivity contribution is -0.154. The zero-order valence-electron chi connectivity index (χ0n) is 15.5. The Morgan fingerprint density at radius 1 is 1.18 bits per heavy atom. The van der Waals surface area contributed by atoms with E-state index >= 15 is 0 Å². The molecule has 0 spiro atoms. The standard InChI is InChI=1S/C20H22F3N3O2/c1-14-8-10-26(11-9-14)17-5-3-16(4-6-17)25-19(27)15-2-7-18(24-12-15)28-13-20(21,22)23/h2-7,12,14H,8-11,13H2,1H3,(H,25,27). The number of halogens is 3. The molecule has 2 heterocycles. The number of pyridine rings is 1. The van der Waals surface area contributed by atoms with Crippen LogP contribution in [0.15, 0.2) is 42.6 Å². The van der Waals surface area contributed by atoms with Crippen molar-refractivity contribution in [3.8, 4) is 5.88 Å². The van der Waals surface area contributed by atoms with Gasteiger partial charge in [-0.25, -0.2) is 4.98 Å². The minimum Gasteiger partial charge on any atom is -0.468 e. The average Bonchev–Trinajstić information content (AvgIpc) is 2.67. The van der Waals surface area contributed by atoms with Gasteiger partial charge >= 0.3 is 6.18 Å². The molecule has 0 saturated carbocycles. The molecule has 0 aliphatic carbocycles. The van der Waals surface area contributed by atoms with Crippen molar-refractivity contribution >= 4 is 17.3 Å². The fourth-order valence-corrected chi connectivity index (χ4v) is 2.98. The van der Waals surface area contributed by atoms with Crippen molar-refractivity contribution in [2.45, 2.75) is 25.9 Å². The van der Waals surface area contributed by atoms with E-state index in [1.165, 1.54) is 31.2 Å². The smallest absolute Gasteiger partial charge is 0.422 e. The van der Waals surface area contributed by atoms with Crippen molar-refractivity contribution < 1.29 is 22.7 Å². The van der Waals surface area contributed by atoms with Crippen molar-refractivity contribution in [3.63, 3.8) is 0 Å². The molecule has 0 unspecified atom stereocenters. The van der Waals surface area contributed by atoms with E-state index in [0.717, 1.165) is 24.7 Å². The van der Waals surface area contributed by atoms with Crippen LogP contribution in [0, 0.1) is 5.92 Å². The van der Waals surface area contributed by atoms with Crippen molar-refractivity contribution in [1.29, 1.82) is 0 Å². The minimum atomic E-state index is -4.43. The van der Waals surface area contributed by atoms with Gasteiger partial charge in [0.1, 0.15) is 0 Å². The van der Waals surface area contributed by atoms with Gasteiger partial charge in [-0.3, -0.25) is 4.79 Å². The largest absolute Gasteiger partial charge is 0.468 e. The number of carbonyl (C=O) groups is 1. The highest BCUT2D eigenvalue weighted by atomic mass is 19.4. The van der Waals surface area contributed by atoms with Gasteiger partial charge < -0.3 is 15.0 Å². The fraction of sp³-hybridized carbons (Fsp3) is 0.400. The minimum absolute atomic E-state index is 0.186. The number of hydrogen-bond donors (Lipinski definition) is 1. The molecule has 150 valence electrons. The number of rotatable bonds is 5. The Kier molecular flexibility index (Phi) is 6.06. The number of nitrogens with zero attached hydrogens (tertiary/aromatic N) is 2. The first-order valence-electron chi connectivity index (χ1n) is 9.12. The molecular weight excluding hydrogens is 371 g/mol. The Bertz CT molecular complexity index is 784. The second-order valence-corrected chi connectivity index (χ2v) is 6.96. The lowest BCUT2D eigenvalue weighted by atomic mass is 9.99. The quantitative estimate of drug-likeness (QED) is 0.812. The summed E-state index contributed by atoms with van der Waals surface area (Å²) in [5.74, 6) is 0.178. The number of hydrogen-bond acceptors (Lipinski definition) is 4. The van der Waals surface area contributed by atoms with E-state index in [-0.39, 0.29) is 11.4 Å². The maximum Gasteiger partial charge on any atom is 0.422 e. The van der Waals surface area contributed by atoms with Crippen molar-refractivity contribution in [2.24, 2.45) is 5.92 Å². The first-order valence-corrected chi connectivity index (χ1v) is 9.12. The van der Waals surface area contributed by atoms with Crippen LogP contribution < -0.4 is 15.0 Å². The number of ether oxygens (including phenoxy) is 1. The van der Waals surface area contributed by atoms with Crippen molar-refractivity contribution in [3.05, 3.63) is 48.2 Å². The summed E-state index contributed by atoms with van der Waals surface area (Å²) in [6.07, 6.45) is -0.900. The van der Waals surface area contributed by atoms with Crippen molar-refractivity contribution in [1.82, 2.24) is 4.98 Å². The van der Waals surface area contributed by atoms with Crippen LogP contribution in [-0.4, -0.2) is 36.8 Å². The maximum absolute atomic E-state index is 12.3. The molecule has 3 rings (SSSR count). The molecule has 0 radical (unpaired) electrons. The number of benzene rings is 1. The number of carbonyl (C=O) groups excluding carboxylic acids is 1. The molecule has 28 heavy (non-hydrogen) atoms. The number of nitrogens with one attached hydrogen (secondary N) is 1. The predicted octanol–water partition coefficient (Wildman–Crippen LogP) is 4.51. The molecule has 1 fully saturated rings. The van der Waals surface area contributed by atoms with E-state index in [4.69, 9.17) is 0 Å². The lowest BCUT2D eigenvalue weighted by Gasteiger charge is -2.32. The van der Waals surface area contributed by atoms with Gasteiger partial charge in [0.2, 0.25) is 5.88 Å². The van der Waals surface area contributed by atoms with Gasteiger partial charge in [0, 0.05) is 36.7 Å². The summed E-state index contributed by atoms with van der Waals surface area (Å²) in [5.41, 5.74) is 1.99. The summed E-state index contributed by atoms with van der Waals surface area (Å²) >= 11 is 0. The Morgan fingerprint density at radius 3 is 2.43 bits per heavy atom. The Balaban J connectivity index is 1.55. The van der Waals surface area contributed by atoms with E-state index in [2.05, 4.69) is 26.9 Å². The van der Waals surface area contributed by atoms with E-state index < -0.39 is 18.7 Å². The van der Waals surface area contributed by atoms with Crippen LogP contribution in [0.2, 0.25) is 0 Å². The highest BCUT2D eigenvalue weighted by Crippen LogP contribution is 2.24. The number of amides is 1. The van der Waals surface area contributed by atoms with E-state index in [1.807, 2.05) is 24.3 Å². The lowest BCUT2D eigenvalue weighted by Crippen LogP contribution is -2.32. The van der Waals surface area contributed by atoms with Crippen LogP contribution >= 0.6 is 0 Å². The van der Waals surface area contributed by atoms with Crippen LogP contribution in [0.25, 0.3) is 0 Å². The van der Waals surface area contributed by atoms with Gasteiger partial charge in [-0.05, 0) is 49.1 Å². The maximum atomic E-state index is 12.3. The van der Waals surface area contributed by atoms with Crippen molar-refractivity contribution in [2.75, 3.05) is 29.9 Å². The van der Waals surface area contributed by atoms with Crippen LogP contribution in [-0.2, 0) is 0 Å². The molecule has 1 aromatic carbocycles. The first kappa shape index (κ1) is 20.0. The van der Waals surface area contributed by atoms with Gasteiger partial charge in [0.25, 0.3) is 5.91 Å². The fourth-order valence-electron chi connectivity index (χ4n) is 2.98. The topological polar surface area (TPSA) is 54.5 Å². The van der Waals surface area contributed by atoms with Crippen LogP contribution in [0.4, 0.5) is 24.5 Å². The van der Waals surface area contributed by atoms with Gasteiger partial charge in [-0.15, -0.1) is 0 Å². The number of piperidine rings is 1. The van der Waals surface area contributed by atoms with Gasteiger partial charge in [-0.1, -0.05) is 6.92 Å². The monoisotopic (exact) mass is 393 g/mol. The Labute approximate surface area is 161 Å². The summed E-state index contributed by atoms with van der Waals surface area (Å²) in [5, 5.41) is 2.75. The predicted molar refractivity (Wildman–Crippen MR) is 101 cm³/mol. The third kappa shape index (κ3) is 5.61. The molecular formula is C20H22F3N3O2. The highest BCUT2D eigenvalue weighted by molar-refractivity contribution is 6.04. The third-order valence-corrected chi connectivity index (χ3v) is 4.66. The molecule has 2 aromatic rings. The second kappa shape index (κ2) is 8.50. The number of aromatic nitrogens is 1. The Morgan fingerprint density at radius 2 is 1.86 bits per heavy atom. The number of anilines is 2. The zero-order valence-corrected chi connectivity index (χ0v) is 15.5. The molecule has 1 saturated heterocycles. The molecule has 0 bridgehead atoms. The summed E-state index contributed by atoms with van der Waals surface area (Å²) < 4.78 is 40.9. The number of alkyl halides is 3. The van der Waals surface area contributed by atoms with Gasteiger partial charge in [0.05, 0.1) is 5.56 Å². The van der Waals surface area contributed by atoms with Crippen LogP contribution in [0.1, 0.15) is 30.1 Å². The van der Waals surface area contributed by atoms with Gasteiger partial charge in [-0.2, -0.15) is 13.2 Å². The average molecular weight is 393 g/mol. The molecule has 1 amide bonds. The molecule has 0 atom stereocenters. The normalized spacial score (nSPS) is 15.4. The second-order valence-electron chi connectivity index (χ2n) is 6.96. The molecule has 5 nitrogen and oxygen atoms in total. The first-order chi connectivity index (χ1) is 13.3. The van der Waals surface area contributed by atoms with E-state index in [1.54, 1.807) is 0 Å². The Hall–Kier alpha value is -2.77. The molecule has 8 heteroatoms. The molecule has 1 N–H and O–H groups in total. The summed E-state index contributed by atoms with van der Waals surface area (Å²) in [6.45, 7) is 2.90. The molecule has 1 aliphatic rings. The van der Waals surface area contributed by atoms with Crippen LogP contribution in [0.3, 0.4) is 0 Å². The summed E-state index contributed by atoms with van der Waals surface area (Å²) in [6, 6.07) is 10.2. The molecule has 1 aromatic heterocycles. The SMILES string of the molecule is CC1CCN(c2ccc(NC(=O)c3ccc(OCC(F)(F)F)nc3)cc2)CC1. The summed E-state index contributed by atoms with van der Waals surface area (Å²) in [4.78, 5) is 18.3. The van der Waals surface area contributed by atoms with E-state index in [9.17, 15) is 18.0 Å². The molecule has 1 aliphatic heterocycles. The van der Waals surface area contributed by atoms with E-state index in [0.29, 0.717) is 5.69 Å². The van der Waals surface area contributed by atoms with Gasteiger partial charge in [0.15, 0.2) is 6.61 Å². The zero-order chi connectivity index (χ0) is 20.1. The summed E-state index contributed by atoms with van der Waals surface area (Å²) in [7, 11) is 0. The third-order valence-electron chi connectivity index (χ3n) is 4.66.